The van der Waals surface area contributed by atoms with Crippen LogP contribution in [0.1, 0.15) is 29.8 Å². The Morgan fingerprint density at radius 1 is 1.08 bits per heavy atom. The minimum atomic E-state index is -0.0177. The van der Waals surface area contributed by atoms with E-state index in [2.05, 4.69) is 13.8 Å². The van der Waals surface area contributed by atoms with Gasteiger partial charge in [-0.2, -0.15) is 0 Å². The van der Waals surface area contributed by atoms with Gasteiger partial charge in [0.15, 0.2) is 0 Å². The lowest BCUT2D eigenvalue weighted by Gasteiger charge is -2.23. The summed E-state index contributed by atoms with van der Waals surface area (Å²) in [4.78, 5) is 14.8. The maximum atomic E-state index is 13.0. The van der Waals surface area contributed by atoms with Crippen molar-refractivity contribution >= 4 is 5.91 Å². The molecule has 0 radical (unpaired) electrons. The van der Waals surface area contributed by atoms with Crippen molar-refractivity contribution < 1.29 is 14.3 Å². The number of carbonyl (C=O) groups excluding carboxylic acids is 1. The van der Waals surface area contributed by atoms with Gasteiger partial charge in [-0.15, -0.1) is 0 Å². The molecular weight excluding hydrogens is 314 g/mol. The normalized spacial score (nSPS) is 10.7. The van der Waals surface area contributed by atoms with E-state index in [0.717, 1.165) is 11.3 Å². The molecule has 2 aromatic rings. The van der Waals surface area contributed by atoms with E-state index in [4.69, 9.17) is 9.47 Å². The van der Waals surface area contributed by atoms with Crippen LogP contribution in [-0.4, -0.2) is 37.7 Å². The van der Waals surface area contributed by atoms with Gasteiger partial charge in [-0.05, 0) is 29.7 Å². The van der Waals surface area contributed by atoms with Gasteiger partial charge in [0.25, 0.3) is 5.91 Å². The summed E-state index contributed by atoms with van der Waals surface area (Å²) in [5.74, 6) is 1.15. The highest BCUT2D eigenvalue weighted by Gasteiger charge is 2.16. The summed E-state index contributed by atoms with van der Waals surface area (Å²) in [6.45, 7) is 6.43. The van der Waals surface area contributed by atoms with Crippen LogP contribution < -0.4 is 4.74 Å². The van der Waals surface area contributed by atoms with Crippen molar-refractivity contribution in [2.75, 3.05) is 26.9 Å². The molecule has 0 aliphatic rings. The van der Waals surface area contributed by atoms with Crippen LogP contribution in [0.3, 0.4) is 0 Å². The molecule has 2 rings (SSSR count). The highest BCUT2D eigenvalue weighted by molar-refractivity contribution is 5.94. The van der Waals surface area contributed by atoms with Gasteiger partial charge in [-0.25, -0.2) is 0 Å². The van der Waals surface area contributed by atoms with E-state index in [1.54, 1.807) is 12.0 Å². The molecule has 0 aliphatic heterocycles. The molecule has 0 saturated heterocycles. The van der Waals surface area contributed by atoms with Gasteiger partial charge in [0.2, 0.25) is 0 Å². The van der Waals surface area contributed by atoms with Crippen LogP contribution in [-0.2, 0) is 11.3 Å². The Bertz CT molecular complexity index is 655. The fourth-order valence-corrected chi connectivity index (χ4v) is 2.42. The molecule has 1 amide bonds. The molecule has 0 spiro atoms. The number of nitrogens with zero attached hydrogens (tertiary/aromatic N) is 1. The molecule has 0 aromatic heterocycles. The van der Waals surface area contributed by atoms with Gasteiger partial charge in [-0.1, -0.05) is 50.2 Å². The molecule has 4 heteroatoms. The second-order valence-corrected chi connectivity index (χ2v) is 6.44. The summed E-state index contributed by atoms with van der Waals surface area (Å²) in [5.41, 5.74) is 1.73. The van der Waals surface area contributed by atoms with Crippen LogP contribution in [0.4, 0.5) is 0 Å². The van der Waals surface area contributed by atoms with Gasteiger partial charge in [0, 0.05) is 25.8 Å². The molecule has 25 heavy (non-hydrogen) atoms. The smallest absolute Gasteiger partial charge is 0.254 e. The first kappa shape index (κ1) is 19.0. The van der Waals surface area contributed by atoms with E-state index < -0.39 is 0 Å². The Morgan fingerprint density at radius 2 is 1.84 bits per heavy atom. The number of amides is 1. The molecule has 0 heterocycles. The van der Waals surface area contributed by atoms with Crippen LogP contribution >= 0.6 is 0 Å². The summed E-state index contributed by atoms with van der Waals surface area (Å²) in [6.07, 6.45) is 0. The molecule has 0 atom stereocenters. The summed E-state index contributed by atoms with van der Waals surface area (Å²) in [6, 6.07) is 17.4. The number of benzene rings is 2. The standard InChI is InChI=1S/C21H27NO3/c1-17(2)16-25-20-11-7-10-19(14-20)21(23)22(12-13-24-3)15-18-8-5-4-6-9-18/h4-11,14,17H,12-13,15-16H2,1-3H3. The molecular formula is C21H27NO3. The third-order valence-corrected chi connectivity index (χ3v) is 3.73. The van der Waals surface area contributed by atoms with Crippen LogP contribution in [0.2, 0.25) is 0 Å². The van der Waals surface area contributed by atoms with E-state index in [-0.39, 0.29) is 5.91 Å². The van der Waals surface area contributed by atoms with Gasteiger partial charge in [0.1, 0.15) is 5.75 Å². The van der Waals surface area contributed by atoms with E-state index in [9.17, 15) is 4.79 Å². The molecule has 0 bridgehead atoms. The van der Waals surface area contributed by atoms with Crippen molar-refractivity contribution in [2.45, 2.75) is 20.4 Å². The van der Waals surface area contributed by atoms with Gasteiger partial charge < -0.3 is 14.4 Å². The maximum Gasteiger partial charge on any atom is 0.254 e. The average Bonchev–Trinajstić information content (AvgIpc) is 2.64. The number of hydrogen-bond acceptors (Lipinski definition) is 3. The summed E-state index contributed by atoms with van der Waals surface area (Å²) in [5, 5.41) is 0. The van der Waals surface area contributed by atoms with Gasteiger partial charge >= 0.3 is 0 Å². The van der Waals surface area contributed by atoms with Crippen molar-refractivity contribution in [3.8, 4) is 5.75 Å². The maximum absolute atomic E-state index is 13.0. The van der Waals surface area contributed by atoms with Crippen molar-refractivity contribution in [3.63, 3.8) is 0 Å². The Labute approximate surface area is 150 Å². The third-order valence-electron chi connectivity index (χ3n) is 3.73. The fraction of sp³-hybridized carbons (Fsp3) is 0.381. The Balaban J connectivity index is 2.13. The molecule has 0 saturated carbocycles. The van der Waals surface area contributed by atoms with Crippen LogP contribution in [0, 0.1) is 5.92 Å². The molecule has 0 unspecified atom stereocenters. The first-order chi connectivity index (χ1) is 12.1. The highest BCUT2D eigenvalue weighted by atomic mass is 16.5. The second kappa shape index (κ2) is 9.84. The largest absolute Gasteiger partial charge is 0.493 e. The Morgan fingerprint density at radius 3 is 2.52 bits per heavy atom. The molecule has 4 nitrogen and oxygen atoms in total. The summed E-state index contributed by atoms with van der Waals surface area (Å²) in [7, 11) is 1.64. The van der Waals surface area contributed by atoms with Crippen LogP contribution in [0.15, 0.2) is 54.6 Å². The van der Waals surface area contributed by atoms with Gasteiger partial charge in [-0.3, -0.25) is 4.79 Å². The number of methoxy groups -OCH3 is 1. The predicted octanol–water partition coefficient (Wildman–Crippen LogP) is 4.01. The predicted molar refractivity (Wildman–Crippen MR) is 99.8 cm³/mol. The zero-order valence-electron chi connectivity index (χ0n) is 15.3. The zero-order valence-corrected chi connectivity index (χ0v) is 15.3. The summed E-state index contributed by atoms with van der Waals surface area (Å²) < 4.78 is 10.9. The SMILES string of the molecule is COCCN(Cc1ccccc1)C(=O)c1cccc(OCC(C)C)c1. The second-order valence-electron chi connectivity index (χ2n) is 6.44. The minimum Gasteiger partial charge on any atom is -0.493 e. The molecule has 0 aliphatic carbocycles. The fourth-order valence-electron chi connectivity index (χ4n) is 2.42. The Hall–Kier alpha value is -2.33. The van der Waals surface area contributed by atoms with E-state index in [1.807, 2.05) is 54.6 Å². The first-order valence-corrected chi connectivity index (χ1v) is 8.65. The lowest BCUT2D eigenvalue weighted by atomic mass is 10.1. The van der Waals surface area contributed by atoms with Crippen LogP contribution in [0.25, 0.3) is 0 Å². The molecule has 0 N–H and O–H groups in total. The van der Waals surface area contributed by atoms with E-state index in [1.165, 1.54) is 0 Å². The van der Waals surface area contributed by atoms with Gasteiger partial charge in [0.05, 0.1) is 13.2 Å². The molecule has 0 fully saturated rings. The molecule has 134 valence electrons. The minimum absolute atomic E-state index is 0.0177. The van der Waals surface area contributed by atoms with Crippen molar-refractivity contribution in [1.29, 1.82) is 0 Å². The summed E-state index contributed by atoms with van der Waals surface area (Å²) >= 11 is 0. The Kier molecular flexibility index (Phi) is 7.48. The lowest BCUT2D eigenvalue weighted by Crippen LogP contribution is -2.33. The highest BCUT2D eigenvalue weighted by Crippen LogP contribution is 2.17. The monoisotopic (exact) mass is 341 g/mol. The topological polar surface area (TPSA) is 38.8 Å². The quantitative estimate of drug-likeness (QED) is 0.692. The molecule has 2 aromatic carbocycles. The number of hydrogen-bond donors (Lipinski definition) is 0. The van der Waals surface area contributed by atoms with Crippen molar-refractivity contribution in [3.05, 3.63) is 65.7 Å². The van der Waals surface area contributed by atoms with E-state index in [0.29, 0.717) is 37.8 Å². The van der Waals surface area contributed by atoms with Crippen molar-refractivity contribution in [2.24, 2.45) is 5.92 Å². The van der Waals surface area contributed by atoms with E-state index >= 15 is 0 Å². The zero-order chi connectivity index (χ0) is 18.1. The van der Waals surface area contributed by atoms with Crippen molar-refractivity contribution in [1.82, 2.24) is 4.90 Å². The number of carbonyl (C=O) groups is 1. The first-order valence-electron chi connectivity index (χ1n) is 8.65. The average molecular weight is 341 g/mol. The van der Waals surface area contributed by atoms with Crippen LogP contribution in [0.5, 0.6) is 5.75 Å². The number of ether oxygens (including phenoxy) is 2. The lowest BCUT2D eigenvalue weighted by molar-refractivity contribution is 0.0680. The third kappa shape index (κ3) is 6.24. The number of rotatable bonds is 9.